The largest absolute Gasteiger partial charge is 0.496 e. The zero-order valence-corrected chi connectivity index (χ0v) is 18.6. The van der Waals surface area contributed by atoms with Gasteiger partial charge in [-0.15, -0.1) is 0 Å². The molecule has 3 aromatic heterocycles. The zero-order valence-electron chi connectivity index (χ0n) is 17.9. The average molecular weight is 455 g/mol. The van der Waals surface area contributed by atoms with Crippen LogP contribution in [0.3, 0.4) is 0 Å². The Morgan fingerprint density at radius 3 is 2.91 bits per heavy atom. The lowest BCUT2D eigenvalue weighted by atomic mass is 10.1. The van der Waals surface area contributed by atoms with Crippen LogP contribution in [0.1, 0.15) is 24.2 Å². The van der Waals surface area contributed by atoms with Crippen LogP contribution in [0, 0.1) is 5.92 Å². The van der Waals surface area contributed by atoms with Crippen LogP contribution in [-0.2, 0) is 6.54 Å². The van der Waals surface area contributed by atoms with Crippen LogP contribution in [0.25, 0.3) is 16.9 Å². The second-order valence-electron chi connectivity index (χ2n) is 7.67. The van der Waals surface area contributed by atoms with E-state index in [0.29, 0.717) is 38.9 Å². The minimum absolute atomic E-state index is 0.0475. The maximum atomic E-state index is 13.1. The molecule has 4 rings (SSSR count). The average Bonchev–Trinajstić information content (AvgIpc) is 3.37. The second kappa shape index (κ2) is 8.97. The maximum Gasteiger partial charge on any atom is 0.261 e. The lowest BCUT2D eigenvalue weighted by Gasteiger charge is -2.13. The summed E-state index contributed by atoms with van der Waals surface area (Å²) in [6.07, 6.45) is 5.85. The number of carbonyl (C=O) groups is 1. The summed E-state index contributed by atoms with van der Waals surface area (Å²) in [5.41, 5.74) is 2.30. The van der Waals surface area contributed by atoms with E-state index in [4.69, 9.17) is 16.3 Å². The molecule has 0 saturated carbocycles. The fourth-order valence-electron chi connectivity index (χ4n) is 3.25. The number of aromatic nitrogens is 5. The first-order chi connectivity index (χ1) is 15.4. The molecular weight excluding hydrogens is 432 g/mol. The molecule has 0 unspecified atom stereocenters. The van der Waals surface area contributed by atoms with Crippen molar-refractivity contribution in [2.24, 2.45) is 5.92 Å². The minimum Gasteiger partial charge on any atom is -0.496 e. The van der Waals surface area contributed by atoms with E-state index in [-0.39, 0.29) is 18.4 Å². The highest BCUT2D eigenvalue weighted by Crippen LogP contribution is 2.36. The Labute approximate surface area is 189 Å². The molecule has 0 fully saturated rings. The van der Waals surface area contributed by atoms with E-state index in [1.807, 2.05) is 13.8 Å². The quantitative estimate of drug-likeness (QED) is 0.442. The minimum atomic E-state index is -0.601. The van der Waals surface area contributed by atoms with Crippen LogP contribution in [0.2, 0.25) is 5.02 Å². The van der Waals surface area contributed by atoms with Crippen LogP contribution >= 0.6 is 11.6 Å². The number of carbonyl (C=O) groups excluding carboxylic acids is 1. The van der Waals surface area contributed by atoms with Crippen molar-refractivity contribution in [3.8, 4) is 17.0 Å². The Morgan fingerprint density at radius 1 is 1.34 bits per heavy atom. The number of fused-ring (bicyclic) bond motifs is 1. The molecule has 0 bridgehead atoms. The van der Waals surface area contributed by atoms with Crippen molar-refractivity contribution >= 4 is 28.8 Å². The Balaban J connectivity index is 1.75. The first kappa shape index (κ1) is 21.8. The Kier molecular flexibility index (Phi) is 6.11. The molecule has 0 aliphatic carbocycles. The molecule has 2 N–H and O–H groups in total. The van der Waals surface area contributed by atoms with Gasteiger partial charge in [0.05, 0.1) is 31.6 Å². The molecule has 1 amide bonds. The molecule has 0 radical (unpaired) electrons. The summed E-state index contributed by atoms with van der Waals surface area (Å²) >= 11 is 6.22. The van der Waals surface area contributed by atoms with Gasteiger partial charge < -0.3 is 15.2 Å². The fourth-order valence-corrected chi connectivity index (χ4v) is 3.42. The van der Waals surface area contributed by atoms with Gasteiger partial charge in [-0.1, -0.05) is 25.4 Å². The fraction of sp³-hybridized carbons (Fsp3) is 0.273. The smallest absolute Gasteiger partial charge is 0.261 e. The van der Waals surface area contributed by atoms with Gasteiger partial charge in [-0.3, -0.25) is 9.48 Å². The van der Waals surface area contributed by atoms with Gasteiger partial charge in [0.25, 0.3) is 5.91 Å². The lowest BCUT2D eigenvalue weighted by Crippen LogP contribution is -2.22. The van der Waals surface area contributed by atoms with E-state index in [9.17, 15) is 9.90 Å². The molecule has 1 atom stereocenters. The third kappa shape index (κ3) is 4.30. The zero-order chi connectivity index (χ0) is 22.8. The van der Waals surface area contributed by atoms with Gasteiger partial charge in [0, 0.05) is 29.2 Å². The normalized spacial score (nSPS) is 12.3. The summed E-state index contributed by atoms with van der Waals surface area (Å²) in [4.78, 5) is 17.3. The van der Waals surface area contributed by atoms with Crippen LogP contribution in [0.15, 0.2) is 49.1 Å². The van der Waals surface area contributed by atoms with Crippen LogP contribution in [0.4, 0.5) is 5.69 Å². The molecule has 1 aromatic carbocycles. The summed E-state index contributed by atoms with van der Waals surface area (Å²) in [5, 5.41) is 22.5. The van der Waals surface area contributed by atoms with Crippen molar-refractivity contribution in [2.75, 3.05) is 12.4 Å². The molecule has 32 heavy (non-hydrogen) atoms. The first-order valence-corrected chi connectivity index (χ1v) is 10.4. The predicted octanol–water partition coefficient (Wildman–Crippen LogP) is 3.52. The van der Waals surface area contributed by atoms with Gasteiger partial charge in [-0.25, -0.2) is 9.50 Å². The molecule has 166 valence electrons. The van der Waals surface area contributed by atoms with E-state index in [1.54, 1.807) is 54.6 Å². The third-order valence-corrected chi connectivity index (χ3v) is 5.33. The van der Waals surface area contributed by atoms with Gasteiger partial charge in [0.15, 0.2) is 5.65 Å². The van der Waals surface area contributed by atoms with E-state index in [1.165, 1.54) is 10.7 Å². The van der Waals surface area contributed by atoms with Gasteiger partial charge in [0.2, 0.25) is 0 Å². The van der Waals surface area contributed by atoms with Crippen molar-refractivity contribution in [3.05, 3.63) is 59.6 Å². The third-order valence-electron chi connectivity index (χ3n) is 5.09. The Bertz CT molecular complexity index is 1270. The van der Waals surface area contributed by atoms with Gasteiger partial charge in [-0.05, 0) is 30.2 Å². The van der Waals surface area contributed by atoms with Gasteiger partial charge >= 0.3 is 0 Å². The topological polar surface area (TPSA) is 107 Å². The van der Waals surface area contributed by atoms with Crippen molar-refractivity contribution in [2.45, 2.75) is 26.5 Å². The molecule has 9 nitrogen and oxygen atoms in total. The predicted molar refractivity (Wildman–Crippen MR) is 121 cm³/mol. The van der Waals surface area contributed by atoms with Crippen LogP contribution < -0.4 is 10.1 Å². The highest BCUT2D eigenvalue weighted by atomic mass is 35.5. The molecular formula is C22H23ClN6O3. The SMILES string of the molecule is COc1ccc(Cl)cc1-c1nn(C[C@H](O)C(C)C)cc1NC(=O)c1cnn2cccnc12. The summed E-state index contributed by atoms with van der Waals surface area (Å²) < 4.78 is 8.61. The molecule has 10 heteroatoms. The second-order valence-corrected chi connectivity index (χ2v) is 8.11. The number of hydrogen-bond donors (Lipinski definition) is 2. The van der Waals surface area contributed by atoms with Crippen LogP contribution in [0.5, 0.6) is 5.75 Å². The monoisotopic (exact) mass is 454 g/mol. The highest BCUT2D eigenvalue weighted by Gasteiger charge is 2.22. The van der Waals surface area contributed by atoms with Crippen molar-refractivity contribution in [3.63, 3.8) is 0 Å². The number of nitrogens with one attached hydrogen (secondary N) is 1. The molecule has 0 aliphatic rings. The molecule has 0 spiro atoms. The maximum absolute atomic E-state index is 13.1. The number of benzene rings is 1. The summed E-state index contributed by atoms with van der Waals surface area (Å²) in [7, 11) is 1.55. The number of aliphatic hydroxyl groups excluding tert-OH is 1. The molecule has 3 heterocycles. The summed E-state index contributed by atoms with van der Waals surface area (Å²) in [6, 6.07) is 6.90. The van der Waals surface area contributed by atoms with E-state index < -0.39 is 6.10 Å². The number of amides is 1. The molecule has 4 aromatic rings. The number of rotatable bonds is 7. The van der Waals surface area contributed by atoms with Gasteiger partial charge in [-0.2, -0.15) is 10.2 Å². The number of hydrogen-bond acceptors (Lipinski definition) is 6. The number of anilines is 1. The van der Waals surface area contributed by atoms with Gasteiger partial charge in [0.1, 0.15) is 17.0 Å². The number of aliphatic hydroxyl groups is 1. The number of halogens is 1. The highest BCUT2D eigenvalue weighted by molar-refractivity contribution is 6.31. The Morgan fingerprint density at radius 2 is 2.16 bits per heavy atom. The standard InChI is InChI=1S/C22H23ClN6O3/c1-13(2)18(30)12-28-11-17(20(27-28)15-9-14(23)5-6-19(15)32-3)26-22(31)16-10-25-29-8-4-7-24-21(16)29/h4-11,13,18,30H,12H2,1-3H3,(H,26,31)/t18-/m0/s1. The van der Waals surface area contributed by atoms with Crippen molar-refractivity contribution in [1.29, 1.82) is 0 Å². The summed E-state index contributed by atoms with van der Waals surface area (Å²) in [6.45, 7) is 4.12. The summed E-state index contributed by atoms with van der Waals surface area (Å²) in [5.74, 6) is 0.216. The number of nitrogens with zero attached hydrogens (tertiary/aromatic N) is 5. The van der Waals surface area contributed by atoms with Crippen molar-refractivity contribution < 1.29 is 14.6 Å². The van der Waals surface area contributed by atoms with E-state index in [0.717, 1.165) is 0 Å². The van der Waals surface area contributed by atoms with Crippen LogP contribution in [-0.4, -0.2) is 48.6 Å². The number of ether oxygens (including phenoxy) is 1. The Hall–Kier alpha value is -3.43. The molecule has 0 aliphatic heterocycles. The van der Waals surface area contributed by atoms with E-state index in [2.05, 4.69) is 20.5 Å². The number of methoxy groups -OCH3 is 1. The van der Waals surface area contributed by atoms with Crippen molar-refractivity contribution in [1.82, 2.24) is 24.4 Å². The first-order valence-electron chi connectivity index (χ1n) is 10.1. The molecule has 0 saturated heterocycles. The van der Waals surface area contributed by atoms with E-state index >= 15 is 0 Å². The lowest BCUT2D eigenvalue weighted by molar-refractivity contribution is 0.102.